The number of guanidine groups is 1. The fourth-order valence-corrected chi connectivity index (χ4v) is 3.02. The molecule has 0 aromatic heterocycles. The van der Waals surface area contributed by atoms with Crippen LogP contribution in [0.3, 0.4) is 0 Å². The lowest BCUT2D eigenvalue weighted by atomic mass is 10.1. The molecule has 0 radical (unpaired) electrons. The predicted molar refractivity (Wildman–Crippen MR) is 125 cm³/mol. The van der Waals surface area contributed by atoms with Gasteiger partial charge >= 0.3 is 0 Å². The highest BCUT2D eigenvalue weighted by molar-refractivity contribution is 14.0. The Labute approximate surface area is 186 Å². The Morgan fingerprint density at radius 1 is 1.25 bits per heavy atom. The first kappa shape index (κ1) is 25.0. The first-order valence-electron chi connectivity index (χ1n) is 9.96. The highest BCUT2D eigenvalue weighted by Gasteiger charge is 2.17. The molecule has 6 nitrogen and oxygen atoms in total. The smallest absolute Gasteiger partial charge is 0.191 e. The molecule has 1 aromatic rings. The van der Waals surface area contributed by atoms with Crippen molar-refractivity contribution in [1.29, 1.82) is 0 Å². The summed E-state index contributed by atoms with van der Waals surface area (Å²) in [5.41, 5.74) is 2.34. The highest BCUT2D eigenvalue weighted by atomic mass is 127. The zero-order chi connectivity index (χ0) is 19.3. The molecule has 1 aliphatic rings. The van der Waals surface area contributed by atoms with E-state index in [1.54, 1.807) is 14.2 Å². The van der Waals surface area contributed by atoms with E-state index in [-0.39, 0.29) is 24.0 Å². The first-order chi connectivity index (χ1) is 13.2. The number of ether oxygens (including phenoxy) is 3. The van der Waals surface area contributed by atoms with E-state index in [0.717, 1.165) is 69.3 Å². The van der Waals surface area contributed by atoms with Gasteiger partial charge in [-0.05, 0) is 44.2 Å². The van der Waals surface area contributed by atoms with Crippen molar-refractivity contribution in [3.8, 4) is 5.75 Å². The van der Waals surface area contributed by atoms with Gasteiger partial charge in [-0.15, -0.1) is 24.0 Å². The van der Waals surface area contributed by atoms with Gasteiger partial charge in [0.25, 0.3) is 0 Å². The van der Waals surface area contributed by atoms with Crippen molar-refractivity contribution in [2.75, 3.05) is 47.1 Å². The maximum absolute atomic E-state index is 6.11. The summed E-state index contributed by atoms with van der Waals surface area (Å²) in [6, 6.07) is 6.36. The number of hydrogen-bond donors (Lipinski definition) is 2. The number of nitrogens with one attached hydrogen (secondary N) is 2. The van der Waals surface area contributed by atoms with E-state index in [1.807, 2.05) is 0 Å². The van der Waals surface area contributed by atoms with Gasteiger partial charge in [-0.1, -0.05) is 12.1 Å². The second kappa shape index (κ2) is 14.9. The van der Waals surface area contributed by atoms with Crippen LogP contribution in [0.15, 0.2) is 23.2 Å². The van der Waals surface area contributed by atoms with Crippen molar-refractivity contribution in [3.63, 3.8) is 0 Å². The van der Waals surface area contributed by atoms with E-state index in [2.05, 4.69) is 40.7 Å². The fourth-order valence-electron chi connectivity index (χ4n) is 3.02. The van der Waals surface area contributed by atoms with Crippen LogP contribution in [0.4, 0.5) is 0 Å². The molecule has 1 unspecified atom stereocenters. The van der Waals surface area contributed by atoms with E-state index in [0.29, 0.717) is 19.1 Å². The van der Waals surface area contributed by atoms with Crippen molar-refractivity contribution in [2.45, 2.75) is 39.2 Å². The van der Waals surface area contributed by atoms with E-state index in [9.17, 15) is 0 Å². The lowest BCUT2D eigenvalue weighted by molar-refractivity contribution is 0.166. The summed E-state index contributed by atoms with van der Waals surface area (Å²) in [5, 5.41) is 6.75. The number of hydrogen-bond acceptors (Lipinski definition) is 4. The van der Waals surface area contributed by atoms with Crippen molar-refractivity contribution in [1.82, 2.24) is 10.6 Å². The Hall–Kier alpha value is -1.06. The summed E-state index contributed by atoms with van der Waals surface area (Å²) in [4.78, 5) is 4.31. The van der Waals surface area contributed by atoms with Gasteiger partial charge < -0.3 is 24.8 Å². The number of nitrogens with zero attached hydrogens (tertiary/aromatic N) is 1. The van der Waals surface area contributed by atoms with E-state index < -0.39 is 0 Å². The third-order valence-electron chi connectivity index (χ3n) is 4.71. The van der Waals surface area contributed by atoms with Crippen LogP contribution in [0.2, 0.25) is 0 Å². The summed E-state index contributed by atoms with van der Waals surface area (Å²) in [6.07, 6.45) is 4.44. The molecule has 0 bridgehead atoms. The molecule has 1 heterocycles. The number of halogens is 1. The van der Waals surface area contributed by atoms with Crippen LogP contribution in [0.5, 0.6) is 5.75 Å². The van der Waals surface area contributed by atoms with Crippen molar-refractivity contribution in [2.24, 2.45) is 10.9 Å². The second-order valence-electron chi connectivity index (χ2n) is 7.06. The Morgan fingerprint density at radius 2 is 2.11 bits per heavy atom. The summed E-state index contributed by atoms with van der Waals surface area (Å²) < 4.78 is 16.6. The monoisotopic (exact) mass is 505 g/mol. The van der Waals surface area contributed by atoms with Crippen molar-refractivity contribution in [3.05, 3.63) is 29.3 Å². The fraction of sp³-hybridized carbons (Fsp3) is 0.667. The standard InChI is InChI=1S/C21H35N3O3.HI/c1-17-7-8-19(20(13-17)27-16-18-9-12-26-15-18)14-24-21(22-2)23-10-5-4-6-11-25-3;/h7-8,13,18H,4-6,9-12,14-16H2,1-3H3,(H2,22,23,24);1H. The molecule has 0 saturated carbocycles. The third kappa shape index (κ3) is 9.43. The number of rotatable bonds is 11. The molecule has 0 spiro atoms. The molecule has 7 heteroatoms. The zero-order valence-electron chi connectivity index (χ0n) is 17.5. The number of aryl methyl sites for hydroxylation is 1. The van der Waals surface area contributed by atoms with Gasteiger partial charge in [-0.25, -0.2) is 0 Å². The normalized spacial score (nSPS) is 16.5. The Kier molecular flexibility index (Phi) is 13.3. The Morgan fingerprint density at radius 3 is 2.82 bits per heavy atom. The second-order valence-corrected chi connectivity index (χ2v) is 7.06. The zero-order valence-corrected chi connectivity index (χ0v) is 19.8. The first-order valence-corrected chi connectivity index (χ1v) is 9.96. The minimum Gasteiger partial charge on any atom is -0.493 e. The Balaban J connectivity index is 0.00000392. The summed E-state index contributed by atoms with van der Waals surface area (Å²) in [5.74, 6) is 2.26. The van der Waals surface area contributed by atoms with Crippen LogP contribution in [0.1, 0.15) is 36.8 Å². The van der Waals surface area contributed by atoms with Gasteiger partial charge in [-0.2, -0.15) is 0 Å². The molecule has 1 atom stereocenters. The molecule has 2 N–H and O–H groups in total. The van der Waals surface area contributed by atoms with Crippen LogP contribution in [0.25, 0.3) is 0 Å². The van der Waals surface area contributed by atoms with E-state index in [1.165, 1.54) is 5.56 Å². The number of benzene rings is 1. The lowest BCUT2D eigenvalue weighted by Crippen LogP contribution is -2.37. The molecule has 2 rings (SSSR count). The molecule has 1 aromatic carbocycles. The largest absolute Gasteiger partial charge is 0.493 e. The predicted octanol–water partition coefficient (Wildman–Crippen LogP) is 3.51. The quantitative estimate of drug-likeness (QED) is 0.209. The molecular weight excluding hydrogens is 469 g/mol. The van der Waals surface area contributed by atoms with Gasteiger partial charge in [0.1, 0.15) is 5.75 Å². The molecule has 1 aliphatic heterocycles. The molecular formula is C21H36IN3O3. The SMILES string of the molecule is CN=C(NCCCCCOC)NCc1ccc(C)cc1OCC1CCOC1.I. The summed E-state index contributed by atoms with van der Waals surface area (Å²) in [6.45, 7) is 6.88. The molecule has 160 valence electrons. The van der Waals surface area contributed by atoms with Gasteiger partial charge in [0.05, 0.1) is 13.2 Å². The average Bonchev–Trinajstić information content (AvgIpc) is 3.20. The van der Waals surface area contributed by atoms with Crippen LogP contribution in [-0.4, -0.2) is 53.1 Å². The van der Waals surface area contributed by atoms with Crippen LogP contribution < -0.4 is 15.4 Å². The van der Waals surface area contributed by atoms with Crippen molar-refractivity contribution < 1.29 is 14.2 Å². The topological polar surface area (TPSA) is 64.1 Å². The average molecular weight is 505 g/mol. The summed E-state index contributed by atoms with van der Waals surface area (Å²) >= 11 is 0. The minimum atomic E-state index is 0. The number of methoxy groups -OCH3 is 1. The Bertz CT molecular complexity index is 578. The molecule has 0 amide bonds. The number of aliphatic imine (C=N–C) groups is 1. The molecule has 28 heavy (non-hydrogen) atoms. The molecule has 1 fully saturated rings. The molecule has 0 aliphatic carbocycles. The van der Waals surface area contributed by atoms with E-state index in [4.69, 9.17) is 14.2 Å². The maximum atomic E-state index is 6.11. The van der Waals surface area contributed by atoms with Crippen LogP contribution in [0, 0.1) is 12.8 Å². The minimum absolute atomic E-state index is 0. The summed E-state index contributed by atoms with van der Waals surface area (Å²) in [7, 11) is 3.54. The third-order valence-corrected chi connectivity index (χ3v) is 4.71. The van der Waals surface area contributed by atoms with Gasteiger partial charge in [-0.3, -0.25) is 4.99 Å². The van der Waals surface area contributed by atoms with Gasteiger partial charge in [0.2, 0.25) is 0 Å². The van der Waals surface area contributed by atoms with Gasteiger partial charge in [0.15, 0.2) is 5.96 Å². The highest BCUT2D eigenvalue weighted by Crippen LogP contribution is 2.22. The molecule has 1 saturated heterocycles. The van der Waals surface area contributed by atoms with Crippen LogP contribution >= 0.6 is 24.0 Å². The van der Waals surface area contributed by atoms with Crippen LogP contribution in [-0.2, 0) is 16.0 Å². The lowest BCUT2D eigenvalue weighted by Gasteiger charge is -2.17. The van der Waals surface area contributed by atoms with E-state index >= 15 is 0 Å². The maximum Gasteiger partial charge on any atom is 0.191 e. The number of unbranched alkanes of at least 4 members (excludes halogenated alkanes) is 2. The van der Waals surface area contributed by atoms with Crippen molar-refractivity contribution >= 4 is 29.9 Å². The van der Waals surface area contributed by atoms with Gasteiger partial charge in [0, 0.05) is 51.9 Å².